The van der Waals surface area contributed by atoms with E-state index >= 15 is 0 Å². The summed E-state index contributed by atoms with van der Waals surface area (Å²) in [5.41, 5.74) is 0. The van der Waals surface area contributed by atoms with Crippen LogP contribution in [-0.2, 0) is 13.1 Å². The molecule has 4 heteroatoms. The molecular weight excluding hydrogens is 176 g/mol. The summed E-state index contributed by atoms with van der Waals surface area (Å²) in [6, 6.07) is 4.22. The predicted octanol–water partition coefficient (Wildman–Crippen LogP) is 0.993. The topological polar surface area (TPSA) is 56.4 Å². The number of hydrogen-bond donors (Lipinski definition) is 0. The van der Waals surface area contributed by atoms with Gasteiger partial charge in [0.1, 0.15) is 18.9 Å². The molecule has 1 aromatic rings. The third-order valence-corrected chi connectivity index (χ3v) is 1.93. The minimum atomic E-state index is 0.535. The van der Waals surface area contributed by atoms with Crippen LogP contribution in [-0.4, -0.2) is 4.57 Å². The van der Waals surface area contributed by atoms with Gasteiger partial charge in [0.2, 0.25) is 6.33 Å². The normalized spacial score (nSPS) is 9.29. The summed E-state index contributed by atoms with van der Waals surface area (Å²) in [5, 5.41) is 16.8. The van der Waals surface area contributed by atoms with Gasteiger partial charge in [-0.05, 0) is 6.42 Å². The highest BCUT2D eigenvalue weighted by Gasteiger charge is 2.02. The first-order chi connectivity index (χ1) is 6.86. The molecule has 0 aliphatic heterocycles. The SMILES string of the molecule is N#CCCCn1cc[n+](CCC#N)c1. The van der Waals surface area contributed by atoms with Gasteiger partial charge >= 0.3 is 0 Å². The van der Waals surface area contributed by atoms with E-state index in [2.05, 4.69) is 12.1 Å². The van der Waals surface area contributed by atoms with E-state index in [4.69, 9.17) is 10.5 Å². The van der Waals surface area contributed by atoms with Crippen LogP contribution in [0.1, 0.15) is 19.3 Å². The molecule has 4 nitrogen and oxygen atoms in total. The summed E-state index contributed by atoms with van der Waals surface area (Å²) >= 11 is 0. The maximum Gasteiger partial charge on any atom is 0.243 e. The molecule has 0 amide bonds. The van der Waals surface area contributed by atoms with Crippen molar-refractivity contribution in [2.45, 2.75) is 32.4 Å². The minimum Gasteiger partial charge on any atom is -0.237 e. The first-order valence-electron chi connectivity index (χ1n) is 4.65. The van der Waals surface area contributed by atoms with Crippen LogP contribution < -0.4 is 4.57 Å². The van der Waals surface area contributed by atoms with E-state index in [1.807, 2.05) is 27.9 Å². The van der Waals surface area contributed by atoms with Crippen molar-refractivity contribution in [3.63, 3.8) is 0 Å². The molecule has 0 N–H and O–H groups in total. The predicted molar refractivity (Wildman–Crippen MR) is 49.7 cm³/mol. The van der Waals surface area contributed by atoms with E-state index in [-0.39, 0.29) is 0 Å². The van der Waals surface area contributed by atoms with Crippen LogP contribution in [0.15, 0.2) is 18.7 Å². The Hall–Kier alpha value is -1.81. The van der Waals surface area contributed by atoms with Gasteiger partial charge in [-0.2, -0.15) is 10.5 Å². The van der Waals surface area contributed by atoms with Crippen molar-refractivity contribution >= 4 is 0 Å². The van der Waals surface area contributed by atoms with Crippen LogP contribution in [0, 0.1) is 22.7 Å². The van der Waals surface area contributed by atoms with E-state index in [9.17, 15) is 0 Å². The molecule has 0 unspecified atom stereocenters. The Morgan fingerprint density at radius 3 is 2.71 bits per heavy atom. The Bertz CT molecular complexity index is 353. The largest absolute Gasteiger partial charge is 0.243 e. The van der Waals surface area contributed by atoms with E-state index in [1.165, 1.54) is 0 Å². The van der Waals surface area contributed by atoms with Gasteiger partial charge in [0.15, 0.2) is 0 Å². The van der Waals surface area contributed by atoms with Crippen molar-refractivity contribution in [2.75, 3.05) is 0 Å². The number of aromatic nitrogens is 2. The molecule has 0 radical (unpaired) electrons. The number of nitriles is 2. The number of aryl methyl sites for hydroxylation is 2. The van der Waals surface area contributed by atoms with Gasteiger partial charge in [-0.25, -0.2) is 9.13 Å². The first kappa shape index (κ1) is 10.3. The number of imidazole rings is 1. The van der Waals surface area contributed by atoms with Crippen LogP contribution in [0.5, 0.6) is 0 Å². The quantitative estimate of drug-likeness (QED) is 0.512. The number of nitrogens with zero attached hydrogens (tertiary/aromatic N) is 4. The van der Waals surface area contributed by atoms with Gasteiger partial charge in [0, 0.05) is 6.42 Å². The lowest BCUT2D eigenvalue weighted by Crippen LogP contribution is -2.30. The van der Waals surface area contributed by atoms with Gasteiger partial charge in [-0.1, -0.05) is 0 Å². The highest BCUT2D eigenvalue weighted by molar-refractivity contribution is 4.72. The molecule has 1 aromatic heterocycles. The molecule has 0 saturated heterocycles. The summed E-state index contributed by atoms with van der Waals surface area (Å²) in [5.74, 6) is 0. The van der Waals surface area contributed by atoms with Crippen molar-refractivity contribution in [3.05, 3.63) is 18.7 Å². The summed E-state index contributed by atoms with van der Waals surface area (Å²) in [4.78, 5) is 0. The maximum atomic E-state index is 8.40. The average molecular weight is 189 g/mol. The van der Waals surface area contributed by atoms with Crippen LogP contribution in [0.2, 0.25) is 0 Å². The minimum absolute atomic E-state index is 0.535. The Kier molecular flexibility index (Phi) is 4.23. The molecule has 0 atom stereocenters. The molecule has 72 valence electrons. The summed E-state index contributed by atoms with van der Waals surface area (Å²) in [7, 11) is 0. The molecule has 0 aromatic carbocycles. The van der Waals surface area contributed by atoms with Crippen molar-refractivity contribution in [1.82, 2.24) is 4.57 Å². The van der Waals surface area contributed by atoms with E-state index in [0.717, 1.165) is 19.5 Å². The fourth-order valence-corrected chi connectivity index (χ4v) is 1.22. The zero-order chi connectivity index (χ0) is 10.2. The molecular formula is C10H13N4+. The van der Waals surface area contributed by atoms with Crippen molar-refractivity contribution in [1.29, 1.82) is 10.5 Å². The molecule has 0 fully saturated rings. The van der Waals surface area contributed by atoms with E-state index < -0.39 is 0 Å². The molecule has 14 heavy (non-hydrogen) atoms. The maximum absolute atomic E-state index is 8.40. The summed E-state index contributed by atoms with van der Waals surface area (Å²) in [6.45, 7) is 1.61. The van der Waals surface area contributed by atoms with Crippen molar-refractivity contribution in [2.24, 2.45) is 0 Å². The molecule has 1 rings (SSSR count). The lowest BCUT2D eigenvalue weighted by atomic mass is 10.3. The van der Waals surface area contributed by atoms with Crippen molar-refractivity contribution in [3.8, 4) is 12.1 Å². The Morgan fingerprint density at radius 2 is 2.00 bits per heavy atom. The lowest BCUT2D eigenvalue weighted by Gasteiger charge is -1.91. The van der Waals surface area contributed by atoms with Gasteiger partial charge in [0.05, 0.1) is 25.1 Å². The van der Waals surface area contributed by atoms with Crippen LogP contribution >= 0.6 is 0 Å². The smallest absolute Gasteiger partial charge is 0.237 e. The molecule has 1 heterocycles. The Morgan fingerprint density at radius 1 is 1.21 bits per heavy atom. The fraction of sp³-hybridized carbons (Fsp3) is 0.500. The van der Waals surface area contributed by atoms with E-state index in [0.29, 0.717) is 12.8 Å². The second-order valence-electron chi connectivity index (χ2n) is 3.06. The number of hydrogen-bond acceptors (Lipinski definition) is 2. The molecule has 0 spiro atoms. The molecule has 0 bridgehead atoms. The van der Waals surface area contributed by atoms with Crippen molar-refractivity contribution < 1.29 is 4.57 Å². The Labute approximate surface area is 83.6 Å². The lowest BCUT2D eigenvalue weighted by molar-refractivity contribution is -0.695. The van der Waals surface area contributed by atoms with Crippen LogP contribution in [0.25, 0.3) is 0 Å². The zero-order valence-electron chi connectivity index (χ0n) is 8.06. The summed E-state index contributed by atoms with van der Waals surface area (Å²) < 4.78 is 4.02. The van der Waals surface area contributed by atoms with Crippen LogP contribution in [0.4, 0.5) is 0 Å². The monoisotopic (exact) mass is 189 g/mol. The zero-order valence-corrected chi connectivity index (χ0v) is 8.06. The van der Waals surface area contributed by atoms with Gasteiger partial charge < -0.3 is 0 Å². The molecule has 0 aliphatic carbocycles. The molecule has 0 saturated carbocycles. The fourth-order valence-electron chi connectivity index (χ4n) is 1.22. The highest BCUT2D eigenvalue weighted by atomic mass is 15.1. The number of rotatable bonds is 5. The highest BCUT2D eigenvalue weighted by Crippen LogP contribution is 1.93. The van der Waals surface area contributed by atoms with E-state index in [1.54, 1.807) is 0 Å². The second kappa shape index (κ2) is 5.77. The second-order valence-corrected chi connectivity index (χ2v) is 3.06. The Balaban J connectivity index is 2.36. The van der Waals surface area contributed by atoms with Crippen LogP contribution in [0.3, 0.4) is 0 Å². The summed E-state index contributed by atoms with van der Waals surface area (Å²) in [6.07, 6.45) is 7.89. The molecule has 0 aliphatic rings. The van der Waals surface area contributed by atoms with Gasteiger partial charge in [-0.3, -0.25) is 0 Å². The third-order valence-electron chi connectivity index (χ3n) is 1.93. The first-order valence-corrected chi connectivity index (χ1v) is 4.65. The standard InChI is InChI=1S/C10H13N4/c11-4-1-2-6-13-8-9-14(10-13)7-3-5-12/h8-10H,1-3,6-7H2/q+1. The van der Waals surface area contributed by atoms with Gasteiger partial charge in [0.25, 0.3) is 0 Å². The number of unbranched alkanes of at least 4 members (excludes halogenated alkanes) is 1. The van der Waals surface area contributed by atoms with Gasteiger partial charge in [-0.15, -0.1) is 0 Å². The average Bonchev–Trinajstić information content (AvgIpc) is 2.63. The third kappa shape index (κ3) is 3.28.